The van der Waals surface area contributed by atoms with E-state index < -0.39 is 0 Å². The Balaban J connectivity index is 1.55. The molecular weight excluding hydrogens is 292 g/mol. The zero-order valence-electron chi connectivity index (χ0n) is 13.1. The van der Waals surface area contributed by atoms with E-state index in [0.29, 0.717) is 19.0 Å². The van der Waals surface area contributed by atoms with Gasteiger partial charge in [-0.1, -0.05) is 29.8 Å². The monoisotopic (exact) mass is 310 g/mol. The molecule has 0 atom stereocenters. The lowest BCUT2D eigenvalue weighted by atomic mass is 10.1. The van der Waals surface area contributed by atoms with Gasteiger partial charge in [0, 0.05) is 5.56 Å². The molecule has 0 fully saturated rings. The maximum atomic E-state index is 5.66. The molecule has 0 aliphatic rings. The normalized spacial score (nSPS) is 10.5. The van der Waals surface area contributed by atoms with Crippen LogP contribution in [0.4, 0.5) is 0 Å². The molecule has 0 N–H and O–H groups in total. The van der Waals surface area contributed by atoms with Crippen LogP contribution in [0.5, 0.6) is 11.5 Å². The first kappa shape index (κ1) is 15.0. The number of methoxy groups -OCH3 is 1. The highest BCUT2D eigenvalue weighted by atomic mass is 16.5. The Morgan fingerprint density at radius 3 is 2.35 bits per heavy atom. The Bertz CT molecular complexity index is 751. The van der Waals surface area contributed by atoms with Crippen molar-refractivity contribution in [1.82, 2.24) is 20.2 Å². The van der Waals surface area contributed by atoms with Gasteiger partial charge in [0.1, 0.15) is 18.1 Å². The molecule has 118 valence electrons. The van der Waals surface area contributed by atoms with Gasteiger partial charge in [0.05, 0.1) is 13.7 Å². The maximum Gasteiger partial charge on any atom is 0.204 e. The molecule has 0 radical (unpaired) electrons. The molecule has 3 aromatic rings. The van der Waals surface area contributed by atoms with Crippen molar-refractivity contribution < 1.29 is 9.47 Å². The van der Waals surface area contributed by atoms with Crippen molar-refractivity contribution in [3.05, 3.63) is 54.1 Å². The predicted molar refractivity (Wildman–Crippen MR) is 86.5 cm³/mol. The number of benzene rings is 2. The molecule has 0 aliphatic heterocycles. The van der Waals surface area contributed by atoms with Crippen LogP contribution in [0.2, 0.25) is 0 Å². The number of ether oxygens (including phenoxy) is 2. The summed E-state index contributed by atoms with van der Waals surface area (Å²) in [5, 5.41) is 12.5. The maximum absolute atomic E-state index is 5.66. The van der Waals surface area contributed by atoms with E-state index in [-0.39, 0.29) is 0 Å². The number of tetrazole rings is 1. The topological polar surface area (TPSA) is 62.1 Å². The molecule has 0 unspecified atom stereocenters. The van der Waals surface area contributed by atoms with E-state index in [1.54, 1.807) is 11.9 Å². The van der Waals surface area contributed by atoms with Gasteiger partial charge in [0.25, 0.3) is 0 Å². The molecule has 3 rings (SSSR count). The van der Waals surface area contributed by atoms with Crippen LogP contribution < -0.4 is 9.47 Å². The number of hydrogen-bond acceptors (Lipinski definition) is 5. The zero-order valence-corrected chi connectivity index (χ0v) is 13.1. The SMILES string of the molecule is COc1ccc(OCCn2nnc(-c3ccc(C)cc3)n2)cc1. The van der Waals surface area contributed by atoms with Gasteiger partial charge in [-0.05, 0) is 36.4 Å². The third kappa shape index (κ3) is 3.85. The van der Waals surface area contributed by atoms with Crippen molar-refractivity contribution >= 4 is 0 Å². The van der Waals surface area contributed by atoms with Crippen LogP contribution in [0.15, 0.2) is 48.5 Å². The van der Waals surface area contributed by atoms with Crippen molar-refractivity contribution in [2.45, 2.75) is 13.5 Å². The van der Waals surface area contributed by atoms with E-state index in [9.17, 15) is 0 Å². The van der Waals surface area contributed by atoms with Crippen molar-refractivity contribution in [3.63, 3.8) is 0 Å². The number of nitrogens with zero attached hydrogens (tertiary/aromatic N) is 4. The van der Waals surface area contributed by atoms with Crippen molar-refractivity contribution in [1.29, 1.82) is 0 Å². The molecule has 6 nitrogen and oxygen atoms in total. The van der Waals surface area contributed by atoms with Gasteiger partial charge in [0.15, 0.2) is 0 Å². The quantitative estimate of drug-likeness (QED) is 0.700. The van der Waals surface area contributed by atoms with Gasteiger partial charge < -0.3 is 9.47 Å². The van der Waals surface area contributed by atoms with E-state index in [1.807, 2.05) is 55.5 Å². The first-order chi connectivity index (χ1) is 11.2. The molecular formula is C17H18N4O2. The van der Waals surface area contributed by atoms with E-state index in [1.165, 1.54) is 5.56 Å². The summed E-state index contributed by atoms with van der Waals surface area (Å²) in [6, 6.07) is 15.5. The second kappa shape index (κ2) is 6.91. The molecule has 23 heavy (non-hydrogen) atoms. The predicted octanol–water partition coefficient (Wildman–Crippen LogP) is 2.74. The van der Waals surface area contributed by atoms with Crippen LogP contribution in [0.3, 0.4) is 0 Å². The average molecular weight is 310 g/mol. The molecule has 0 aliphatic carbocycles. The van der Waals surface area contributed by atoms with Crippen molar-refractivity contribution in [2.75, 3.05) is 13.7 Å². The fraction of sp³-hybridized carbons (Fsp3) is 0.235. The van der Waals surface area contributed by atoms with Gasteiger partial charge in [0.2, 0.25) is 5.82 Å². The lowest BCUT2D eigenvalue weighted by Gasteiger charge is -2.06. The third-order valence-corrected chi connectivity index (χ3v) is 3.38. The Hall–Kier alpha value is -2.89. The molecule has 1 heterocycles. The van der Waals surface area contributed by atoms with Crippen molar-refractivity contribution in [2.24, 2.45) is 0 Å². The lowest BCUT2D eigenvalue weighted by molar-refractivity contribution is 0.280. The number of hydrogen-bond donors (Lipinski definition) is 0. The number of aromatic nitrogens is 4. The van der Waals surface area contributed by atoms with Gasteiger partial charge in [-0.3, -0.25) is 0 Å². The van der Waals surface area contributed by atoms with Crippen molar-refractivity contribution in [3.8, 4) is 22.9 Å². The molecule has 0 saturated heterocycles. The minimum Gasteiger partial charge on any atom is -0.497 e. The number of rotatable bonds is 6. The first-order valence-corrected chi connectivity index (χ1v) is 7.36. The van der Waals surface area contributed by atoms with E-state index in [4.69, 9.17) is 9.47 Å². The molecule has 0 spiro atoms. The lowest BCUT2D eigenvalue weighted by Crippen LogP contribution is -2.11. The summed E-state index contributed by atoms with van der Waals surface area (Å²) in [7, 11) is 1.64. The van der Waals surface area contributed by atoms with E-state index >= 15 is 0 Å². The summed E-state index contributed by atoms with van der Waals surface area (Å²) in [6.45, 7) is 3.05. The van der Waals surface area contributed by atoms with E-state index in [2.05, 4.69) is 15.4 Å². The van der Waals surface area contributed by atoms with Crippen LogP contribution in [-0.2, 0) is 6.54 Å². The Kier molecular flexibility index (Phi) is 4.52. The molecule has 0 saturated carbocycles. The van der Waals surface area contributed by atoms with Gasteiger partial charge in [-0.25, -0.2) is 0 Å². The Morgan fingerprint density at radius 1 is 0.957 bits per heavy atom. The Morgan fingerprint density at radius 2 is 1.65 bits per heavy atom. The standard InChI is InChI=1S/C17H18N4O2/c1-13-3-5-14(6-4-13)17-18-20-21(19-17)11-12-23-16-9-7-15(22-2)8-10-16/h3-10H,11-12H2,1-2H3. The third-order valence-electron chi connectivity index (χ3n) is 3.38. The number of aryl methyl sites for hydroxylation is 1. The average Bonchev–Trinajstić information content (AvgIpc) is 3.05. The smallest absolute Gasteiger partial charge is 0.204 e. The summed E-state index contributed by atoms with van der Waals surface area (Å²) in [5.74, 6) is 2.21. The molecule has 1 aromatic heterocycles. The molecule has 6 heteroatoms. The van der Waals surface area contributed by atoms with Crippen LogP contribution in [0, 0.1) is 6.92 Å². The highest BCUT2D eigenvalue weighted by molar-refractivity contribution is 5.53. The Labute approximate surface area is 134 Å². The largest absolute Gasteiger partial charge is 0.497 e. The summed E-state index contributed by atoms with van der Waals surface area (Å²) in [4.78, 5) is 1.54. The summed E-state index contributed by atoms with van der Waals surface area (Å²) >= 11 is 0. The van der Waals surface area contributed by atoms with Crippen LogP contribution in [0.1, 0.15) is 5.56 Å². The second-order valence-corrected chi connectivity index (χ2v) is 5.10. The van der Waals surface area contributed by atoms with Gasteiger partial charge >= 0.3 is 0 Å². The van der Waals surface area contributed by atoms with E-state index in [0.717, 1.165) is 17.1 Å². The minimum atomic E-state index is 0.468. The summed E-state index contributed by atoms with van der Waals surface area (Å²) in [5.41, 5.74) is 2.16. The fourth-order valence-electron chi connectivity index (χ4n) is 2.07. The molecule has 0 bridgehead atoms. The highest BCUT2D eigenvalue weighted by Gasteiger charge is 2.05. The summed E-state index contributed by atoms with van der Waals surface area (Å²) < 4.78 is 10.8. The first-order valence-electron chi connectivity index (χ1n) is 7.36. The molecule has 2 aromatic carbocycles. The van der Waals surface area contributed by atoms with Gasteiger partial charge in [-0.15, -0.1) is 10.2 Å². The summed E-state index contributed by atoms with van der Waals surface area (Å²) in [6.07, 6.45) is 0. The second-order valence-electron chi connectivity index (χ2n) is 5.10. The van der Waals surface area contributed by atoms with Crippen LogP contribution >= 0.6 is 0 Å². The van der Waals surface area contributed by atoms with Crippen LogP contribution in [-0.4, -0.2) is 33.9 Å². The zero-order chi connectivity index (χ0) is 16.1. The molecule has 0 amide bonds. The highest BCUT2D eigenvalue weighted by Crippen LogP contribution is 2.17. The fourth-order valence-corrected chi connectivity index (χ4v) is 2.07. The van der Waals surface area contributed by atoms with Crippen LogP contribution in [0.25, 0.3) is 11.4 Å². The van der Waals surface area contributed by atoms with Gasteiger partial charge in [-0.2, -0.15) is 4.80 Å². The minimum absolute atomic E-state index is 0.468.